The highest BCUT2D eigenvalue weighted by Crippen LogP contribution is 2.39. The Morgan fingerprint density at radius 3 is 2.28 bits per heavy atom. The Hall–Kier alpha value is -2.25. The van der Waals surface area contributed by atoms with E-state index in [9.17, 15) is 32.9 Å². The summed E-state index contributed by atoms with van der Waals surface area (Å²) in [5, 5.41) is 10.7. The first-order valence-electron chi connectivity index (χ1n) is 4.54. The van der Waals surface area contributed by atoms with Crippen molar-refractivity contribution in [3.63, 3.8) is 0 Å². The van der Waals surface area contributed by atoms with Crippen molar-refractivity contribution in [3.05, 3.63) is 38.9 Å². The second kappa shape index (κ2) is 4.55. The number of nitro groups is 1. The van der Waals surface area contributed by atoms with Gasteiger partial charge in [-0.25, -0.2) is 0 Å². The highest BCUT2D eigenvalue weighted by Gasteiger charge is 2.41. The molecule has 0 unspecified atom stereocenters. The SMILES string of the molecule is CC(=O)c1c(C=O)ccc(C(F)(F)F)c1[N+](=O)[O-]. The van der Waals surface area contributed by atoms with Crippen LogP contribution in [0.25, 0.3) is 0 Å². The summed E-state index contributed by atoms with van der Waals surface area (Å²) in [4.78, 5) is 31.2. The van der Waals surface area contributed by atoms with Crippen molar-refractivity contribution in [2.75, 3.05) is 0 Å². The molecule has 1 aromatic rings. The highest BCUT2D eigenvalue weighted by molar-refractivity contribution is 6.05. The number of carbonyl (C=O) groups excluding carboxylic acids is 2. The molecule has 0 N–H and O–H groups in total. The number of nitrogens with zero attached hydrogens (tertiary/aromatic N) is 1. The number of nitro benzene ring substituents is 1. The van der Waals surface area contributed by atoms with Crippen molar-refractivity contribution in [3.8, 4) is 0 Å². The molecule has 0 heterocycles. The number of carbonyl (C=O) groups is 2. The van der Waals surface area contributed by atoms with Crippen molar-refractivity contribution in [2.45, 2.75) is 13.1 Å². The molecule has 8 heteroatoms. The Morgan fingerprint density at radius 1 is 1.39 bits per heavy atom. The highest BCUT2D eigenvalue weighted by atomic mass is 19.4. The van der Waals surface area contributed by atoms with Gasteiger partial charge in [0.25, 0.3) is 5.69 Å². The molecule has 0 saturated heterocycles. The third-order valence-electron chi connectivity index (χ3n) is 2.18. The lowest BCUT2D eigenvalue weighted by molar-refractivity contribution is -0.388. The Balaban J connectivity index is 3.79. The molecular formula is C10H6F3NO4. The average molecular weight is 261 g/mol. The van der Waals surface area contributed by atoms with Gasteiger partial charge in [0, 0.05) is 5.56 Å². The number of aldehydes is 1. The quantitative estimate of drug-likeness (QED) is 0.362. The number of alkyl halides is 3. The van der Waals surface area contributed by atoms with E-state index in [-0.39, 0.29) is 6.29 Å². The van der Waals surface area contributed by atoms with Gasteiger partial charge in [0.1, 0.15) is 11.1 Å². The fraction of sp³-hybridized carbons (Fsp3) is 0.200. The van der Waals surface area contributed by atoms with Crippen LogP contribution in [0.2, 0.25) is 0 Å². The Kier molecular flexibility index (Phi) is 3.49. The molecule has 0 spiro atoms. The van der Waals surface area contributed by atoms with E-state index in [2.05, 4.69) is 0 Å². The zero-order chi connectivity index (χ0) is 14.1. The van der Waals surface area contributed by atoms with Crippen LogP contribution in [0.15, 0.2) is 12.1 Å². The minimum absolute atomic E-state index is 0.101. The molecule has 5 nitrogen and oxygen atoms in total. The van der Waals surface area contributed by atoms with E-state index < -0.39 is 39.3 Å². The lowest BCUT2D eigenvalue weighted by atomic mass is 9.98. The molecule has 96 valence electrons. The molecule has 1 aromatic carbocycles. The summed E-state index contributed by atoms with van der Waals surface area (Å²) in [6.45, 7) is 0.857. The molecule has 0 saturated carbocycles. The first kappa shape index (κ1) is 13.8. The van der Waals surface area contributed by atoms with Gasteiger partial charge in [-0.05, 0) is 19.1 Å². The molecule has 0 fully saturated rings. The van der Waals surface area contributed by atoms with Crippen LogP contribution in [0.5, 0.6) is 0 Å². The van der Waals surface area contributed by atoms with Crippen LogP contribution in [-0.2, 0) is 6.18 Å². The van der Waals surface area contributed by atoms with Crippen molar-refractivity contribution in [1.29, 1.82) is 0 Å². The van der Waals surface area contributed by atoms with Crippen molar-refractivity contribution < 1.29 is 27.7 Å². The predicted octanol–water partition coefficient (Wildman–Crippen LogP) is 2.63. The van der Waals surface area contributed by atoms with E-state index >= 15 is 0 Å². The monoisotopic (exact) mass is 261 g/mol. The molecule has 1 rings (SSSR count). The first-order valence-corrected chi connectivity index (χ1v) is 4.54. The minimum atomic E-state index is -4.98. The molecule has 18 heavy (non-hydrogen) atoms. The van der Waals surface area contributed by atoms with Crippen molar-refractivity contribution >= 4 is 17.8 Å². The average Bonchev–Trinajstić information content (AvgIpc) is 2.25. The maximum atomic E-state index is 12.6. The van der Waals surface area contributed by atoms with Crippen LogP contribution in [0.3, 0.4) is 0 Å². The molecule has 0 bridgehead atoms. The van der Waals surface area contributed by atoms with Gasteiger partial charge < -0.3 is 0 Å². The van der Waals surface area contributed by atoms with Gasteiger partial charge in [-0.3, -0.25) is 19.7 Å². The van der Waals surface area contributed by atoms with Gasteiger partial charge in [-0.1, -0.05) is 0 Å². The van der Waals surface area contributed by atoms with E-state index in [1.54, 1.807) is 0 Å². The second-order valence-electron chi connectivity index (χ2n) is 3.35. The smallest absolute Gasteiger partial charge is 0.298 e. The van der Waals surface area contributed by atoms with Gasteiger partial charge >= 0.3 is 6.18 Å². The number of halogens is 3. The molecular weight excluding hydrogens is 255 g/mol. The van der Waals surface area contributed by atoms with E-state index in [0.29, 0.717) is 6.07 Å². The first-order chi connectivity index (χ1) is 8.20. The van der Waals surface area contributed by atoms with E-state index in [1.807, 2.05) is 0 Å². The van der Waals surface area contributed by atoms with Gasteiger partial charge in [-0.2, -0.15) is 13.2 Å². The number of Topliss-reactive ketones (excluding diaryl/α,β-unsaturated/α-hetero) is 1. The van der Waals surface area contributed by atoms with Gasteiger partial charge in [0.2, 0.25) is 0 Å². The Morgan fingerprint density at radius 2 is 1.94 bits per heavy atom. The number of ketones is 1. The van der Waals surface area contributed by atoms with Crippen LogP contribution < -0.4 is 0 Å². The maximum Gasteiger partial charge on any atom is 0.423 e. The van der Waals surface area contributed by atoms with Gasteiger partial charge in [0.15, 0.2) is 12.1 Å². The van der Waals surface area contributed by atoms with Crippen LogP contribution in [0, 0.1) is 10.1 Å². The largest absolute Gasteiger partial charge is 0.423 e. The zero-order valence-electron chi connectivity index (χ0n) is 8.95. The van der Waals surface area contributed by atoms with Gasteiger partial charge in [0.05, 0.1) is 4.92 Å². The summed E-state index contributed by atoms with van der Waals surface area (Å²) in [6, 6.07) is 1.15. The van der Waals surface area contributed by atoms with Crippen LogP contribution in [0.4, 0.5) is 18.9 Å². The number of rotatable bonds is 3. The van der Waals surface area contributed by atoms with Crippen molar-refractivity contribution in [1.82, 2.24) is 0 Å². The third kappa shape index (κ3) is 2.36. The van der Waals surface area contributed by atoms with Crippen LogP contribution in [-0.4, -0.2) is 17.0 Å². The minimum Gasteiger partial charge on any atom is -0.298 e. The molecule has 0 atom stereocenters. The molecule has 0 radical (unpaired) electrons. The molecule has 0 aliphatic carbocycles. The van der Waals surface area contributed by atoms with Crippen LogP contribution in [0.1, 0.15) is 33.2 Å². The Labute approximate surface area is 98.4 Å². The normalized spacial score (nSPS) is 11.1. The summed E-state index contributed by atoms with van der Waals surface area (Å²) < 4.78 is 37.8. The summed E-state index contributed by atoms with van der Waals surface area (Å²) in [5.74, 6) is -0.977. The lowest BCUT2D eigenvalue weighted by Crippen LogP contribution is -2.14. The summed E-state index contributed by atoms with van der Waals surface area (Å²) in [7, 11) is 0. The molecule has 0 amide bonds. The fourth-order valence-corrected chi connectivity index (χ4v) is 1.49. The summed E-state index contributed by atoms with van der Waals surface area (Å²) >= 11 is 0. The topological polar surface area (TPSA) is 77.3 Å². The predicted molar refractivity (Wildman–Crippen MR) is 53.5 cm³/mol. The summed E-state index contributed by atoms with van der Waals surface area (Å²) in [6.07, 6.45) is -4.88. The zero-order valence-corrected chi connectivity index (χ0v) is 8.95. The molecule has 0 aromatic heterocycles. The van der Waals surface area contributed by atoms with E-state index in [0.717, 1.165) is 13.0 Å². The van der Waals surface area contributed by atoms with Crippen molar-refractivity contribution in [2.24, 2.45) is 0 Å². The summed E-state index contributed by atoms with van der Waals surface area (Å²) in [5.41, 5.74) is -4.21. The number of hydrogen-bond donors (Lipinski definition) is 0. The van der Waals surface area contributed by atoms with Crippen LogP contribution >= 0.6 is 0 Å². The van der Waals surface area contributed by atoms with E-state index in [1.165, 1.54) is 0 Å². The lowest BCUT2D eigenvalue weighted by Gasteiger charge is -2.10. The second-order valence-corrected chi connectivity index (χ2v) is 3.35. The fourth-order valence-electron chi connectivity index (χ4n) is 1.49. The molecule has 0 aliphatic heterocycles. The maximum absolute atomic E-state index is 12.6. The molecule has 0 aliphatic rings. The Bertz CT molecular complexity index is 537. The van der Waals surface area contributed by atoms with E-state index in [4.69, 9.17) is 0 Å². The number of hydrogen-bond acceptors (Lipinski definition) is 4. The number of benzene rings is 1. The third-order valence-corrected chi connectivity index (χ3v) is 2.18. The van der Waals surface area contributed by atoms with Gasteiger partial charge in [-0.15, -0.1) is 0 Å². The standard InChI is InChI=1S/C10H6F3NO4/c1-5(16)8-6(4-15)2-3-7(10(11,12)13)9(8)14(17)18/h2-4H,1H3.